The molecule has 3 amide bonds. The number of rotatable bonds is 17. The van der Waals surface area contributed by atoms with Crippen molar-refractivity contribution < 1.29 is 57.0 Å². The molecule has 1 aromatic carbocycles. The maximum absolute atomic E-state index is 14.7. The van der Waals surface area contributed by atoms with E-state index >= 15 is 0 Å². The lowest BCUT2D eigenvalue weighted by Gasteiger charge is -2.45. The number of esters is 2. The predicted molar refractivity (Wildman–Crippen MR) is 179 cm³/mol. The zero-order valence-electron chi connectivity index (χ0n) is 28.2. The van der Waals surface area contributed by atoms with Crippen LogP contribution >= 0.6 is 18.9 Å². The lowest BCUT2D eigenvalue weighted by Crippen LogP contribution is -2.68. The number of unbranched alkanes of at least 4 members (excludes halogenated alkanes) is 1. The van der Waals surface area contributed by atoms with Crippen molar-refractivity contribution in [3.05, 3.63) is 41.4 Å². The first-order valence-electron chi connectivity index (χ1n) is 16.3. The van der Waals surface area contributed by atoms with Gasteiger partial charge in [0, 0.05) is 17.5 Å². The van der Waals surface area contributed by atoms with Crippen LogP contribution in [0.25, 0.3) is 10.6 Å². The molecule has 1 atom stereocenters. The Bertz CT molecular complexity index is 1470. The minimum absolute atomic E-state index is 0.0203. The molecule has 17 heteroatoms. The fourth-order valence-corrected chi connectivity index (χ4v) is 7.05. The molecule has 0 spiro atoms. The van der Waals surface area contributed by atoms with Gasteiger partial charge in [0.15, 0.2) is 6.04 Å². The fraction of sp³-hybridized carbons (Fsp3) is 0.562. The Morgan fingerprint density at radius 3 is 2.20 bits per heavy atom. The Hall–Kier alpha value is -3.69. The van der Waals surface area contributed by atoms with Gasteiger partial charge in [-0.1, -0.05) is 43.7 Å². The first-order valence-corrected chi connectivity index (χ1v) is 19.0. The molecule has 1 fully saturated rings. The summed E-state index contributed by atoms with van der Waals surface area (Å²) in [6.45, 7) is 5.16. The molecule has 2 N–H and O–H groups in total. The number of hydrogen-bond donors (Lipinski definition) is 2. The first-order chi connectivity index (χ1) is 23.3. The van der Waals surface area contributed by atoms with E-state index in [0.29, 0.717) is 11.4 Å². The number of nitrogens with zero attached hydrogens (tertiary/aromatic N) is 4. The third-order valence-electron chi connectivity index (χ3n) is 8.03. The van der Waals surface area contributed by atoms with Gasteiger partial charge < -0.3 is 28.9 Å². The number of amides is 3. The third-order valence-corrected chi connectivity index (χ3v) is 9.75. The van der Waals surface area contributed by atoms with Gasteiger partial charge in [-0.15, -0.1) is 11.3 Å². The Balaban J connectivity index is 2.03. The van der Waals surface area contributed by atoms with Crippen LogP contribution in [0.5, 0.6) is 0 Å². The maximum Gasteiger partial charge on any atom is 0.410 e. The van der Waals surface area contributed by atoms with Crippen LogP contribution < -0.4 is 0 Å². The monoisotopic (exact) mass is 725 g/mol. The zero-order chi connectivity index (χ0) is 36.0. The number of aromatic nitrogens is 1. The number of hydrogen-bond acceptors (Lipinski definition) is 11. The molecular weight excluding hydrogens is 679 g/mol. The van der Waals surface area contributed by atoms with Crippen LogP contribution in [0.15, 0.2) is 35.7 Å². The molecule has 1 aliphatic rings. The largest absolute Gasteiger partial charge is 0.466 e. The van der Waals surface area contributed by atoms with Gasteiger partial charge in [-0.05, 0) is 20.3 Å². The molecule has 270 valence electrons. The molecule has 1 aliphatic heterocycles. The van der Waals surface area contributed by atoms with E-state index in [1.165, 1.54) is 21.6 Å². The smallest absolute Gasteiger partial charge is 0.410 e. The zero-order valence-corrected chi connectivity index (χ0v) is 29.9. The molecule has 2 heterocycles. The van der Waals surface area contributed by atoms with E-state index in [-0.39, 0.29) is 71.1 Å². The van der Waals surface area contributed by atoms with Crippen LogP contribution in [0.4, 0.5) is 4.79 Å². The molecule has 3 rings (SSSR count). The summed E-state index contributed by atoms with van der Waals surface area (Å²) in [5.74, 6) is -2.81. The number of carbonyl (C=O) groups excluding carboxylic acids is 5. The Morgan fingerprint density at radius 1 is 0.980 bits per heavy atom. The molecule has 0 aliphatic carbocycles. The highest BCUT2D eigenvalue weighted by Crippen LogP contribution is 2.38. The van der Waals surface area contributed by atoms with E-state index in [1.807, 2.05) is 37.3 Å². The minimum Gasteiger partial charge on any atom is -0.466 e. The Kier molecular flexibility index (Phi) is 15.3. The van der Waals surface area contributed by atoms with Gasteiger partial charge in [-0.2, -0.15) is 0 Å². The summed E-state index contributed by atoms with van der Waals surface area (Å²) in [5.41, 5.74) is 0.663. The molecule has 2 aromatic rings. The van der Waals surface area contributed by atoms with Crippen molar-refractivity contribution in [2.24, 2.45) is 0 Å². The fourth-order valence-electron chi connectivity index (χ4n) is 5.45. The summed E-state index contributed by atoms with van der Waals surface area (Å²) in [7, 11) is -4.97. The minimum atomic E-state index is -4.97. The van der Waals surface area contributed by atoms with Crippen molar-refractivity contribution in [3.63, 3.8) is 0 Å². The number of carbonyl (C=O) groups is 5. The average Bonchev–Trinajstić information content (AvgIpc) is 3.57. The van der Waals surface area contributed by atoms with Gasteiger partial charge >= 0.3 is 31.5 Å². The van der Waals surface area contributed by atoms with Crippen molar-refractivity contribution >= 4 is 48.8 Å². The summed E-state index contributed by atoms with van der Waals surface area (Å²) >= 11 is 1.17. The van der Waals surface area contributed by atoms with Crippen LogP contribution in [0, 0.1) is 0 Å². The normalized spacial score (nSPS) is 14.8. The first kappa shape index (κ1) is 39.7. The van der Waals surface area contributed by atoms with Gasteiger partial charge in [0.1, 0.15) is 23.8 Å². The van der Waals surface area contributed by atoms with E-state index < -0.39 is 60.7 Å². The van der Waals surface area contributed by atoms with Crippen LogP contribution in [0.3, 0.4) is 0 Å². The van der Waals surface area contributed by atoms with Gasteiger partial charge in [0.2, 0.25) is 0 Å². The molecule has 0 bridgehead atoms. The van der Waals surface area contributed by atoms with Gasteiger partial charge in [0.25, 0.3) is 5.91 Å². The summed E-state index contributed by atoms with van der Waals surface area (Å²) in [4.78, 5) is 93.8. The summed E-state index contributed by atoms with van der Waals surface area (Å²) in [5, 5.41) is 1.99. The molecule has 1 saturated heterocycles. The average molecular weight is 726 g/mol. The highest BCUT2D eigenvalue weighted by atomic mass is 32.1. The topological polar surface area (TPSA) is 190 Å². The van der Waals surface area contributed by atoms with Crippen LogP contribution in [0.2, 0.25) is 0 Å². The van der Waals surface area contributed by atoms with Gasteiger partial charge in [-0.3, -0.25) is 28.3 Å². The summed E-state index contributed by atoms with van der Waals surface area (Å²) < 4.78 is 27.6. The quantitative estimate of drug-likeness (QED) is 0.0797. The number of quaternary nitrogens is 1. The van der Waals surface area contributed by atoms with E-state index in [1.54, 1.807) is 13.8 Å². The van der Waals surface area contributed by atoms with Crippen LogP contribution in [-0.2, 0) is 33.2 Å². The number of thiazole rings is 1. The van der Waals surface area contributed by atoms with Gasteiger partial charge in [-0.25, -0.2) is 14.6 Å². The Labute approximate surface area is 289 Å². The standard InChI is InChI=1S/C32H45N4O11PS/c1-4-7-21-47-32(41)34-16-19-36(20-17-34,18-14-28(38)46-6-3)31(40)26(22-48(42,43)44)35(15-13-27(37)45-5-2)30(39)25-23-49-29(33-25)24-11-9-8-10-12-24/h8-12,23,26H,4-7,13-22H2,1-3H3,(H-,42,43,44)/p+1/t26-/m1/s1. The van der Waals surface area contributed by atoms with E-state index in [2.05, 4.69) is 4.98 Å². The SMILES string of the molecule is CCCCOC(=O)N1CC[N+](CCC(=O)OCC)(C(=O)[C@@H](CP(=O)(O)O)N(CCC(=O)OCC)C(=O)c2csc(-c3ccccc3)n2)CC1. The second-order valence-electron chi connectivity index (χ2n) is 11.5. The van der Waals surface area contributed by atoms with Crippen molar-refractivity contribution in [2.45, 2.75) is 52.5 Å². The lowest BCUT2D eigenvalue weighted by molar-refractivity contribution is -0.859. The van der Waals surface area contributed by atoms with Crippen LogP contribution in [0.1, 0.15) is 56.9 Å². The van der Waals surface area contributed by atoms with Crippen LogP contribution in [-0.4, -0.2) is 130 Å². The van der Waals surface area contributed by atoms with Crippen molar-refractivity contribution in [2.75, 3.05) is 65.3 Å². The highest BCUT2D eigenvalue weighted by Gasteiger charge is 2.50. The predicted octanol–water partition coefficient (Wildman–Crippen LogP) is 3.30. The maximum atomic E-state index is 14.7. The molecule has 0 saturated carbocycles. The third kappa shape index (κ3) is 11.7. The molecule has 1 aromatic heterocycles. The van der Waals surface area contributed by atoms with Crippen molar-refractivity contribution in [3.8, 4) is 10.6 Å². The van der Waals surface area contributed by atoms with E-state index in [4.69, 9.17) is 14.2 Å². The molecule has 0 radical (unpaired) electrons. The molecule has 0 unspecified atom stereocenters. The van der Waals surface area contributed by atoms with Gasteiger partial charge in [0.05, 0.1) is 58.5 Å². The molecule has 15 nitrogen and oxygen atoms in total. The number of benzene rings is 1. The summed E-state index contributed by atoms with van der Waals surface area (Å²) in [6, 6.07) is 7.33. The Morgan fingerprint density at radius 2 is 1.61 bits per heavy atom. The molecule has 49 heavy (non-hydrogen) atoms. The molecular formula is C32H46N4O11PS+. The van der Waals surface area contributed by atoms with Crippen molar-refractivity contribution in [1.29, 1.82) is 0 Å². The lowest BCUT2D eigenvalue weighted by atomic mass is 10.1. The van der Waals surface area contributed by atoms with E-state index in [0.717, 1.165) is 16.9 Å². The highest BCUT2D eigenvalue weighted by molar-refractivity contribution is 7.51. The number of piperazine rings is 1. The van der Waals surface area contributed by atoms with E-state index in [9.17, 15) is 38.3 Å². The number of ether oxygens (including phenoxy) is 3. The van der Waals surface area contributed by atoms with Crippen molar-refractivity contribution in [1.82, 2.24) is 14.8 Å². The summed E-state index contributed by atoms with van der Waals surface area (Å²) in [6.07, 6.45) is -0.648. The second-order valence-corrected chi connectivity index (χ2v) is 14.0. The second kappa shape index (κ2) is 18.9.